The van der Waals surface area contributed by atoms with Gasteiger partial charge in [-0.05, 0) is 70.0 Å². The lowest BCUT2D eigenvalue weighted by Gasteiger charge is -2.34. The van der Waals surface area contributed by atoms with Gasteiger partial charge >= 0.3 is 0 Å². The van der Waals surface area contributed by atoms with Crippen molar-refractivity contribution >= 4 is 0 Å². The standard InChI is InChI=1S/C15H32N2/c1-13-6-8-14(9-7-13)17(4)11-5-10-15(2,3)12-16/h13-14H,5-12,16H2,1-4H3. The van der Waals surface area contributed by atoms with Crippen LogP contribution in [0.1, 0.15) is 59.3 Å². The largest absolute Gasteiger partial charge is 0.330 e. The van der Waals surface area contributed by atoms with E-state index in [-0.39, 0.29) is 0 Å². The first-order valence-corrected chi connectivity index (χ1v) is 7.35. The van der Waals surface area contributed by atoms with Crippen molar-refractivity contribution in [3.05, 3.63) is 0 Å². The topological polar surface area (TPSA) is 29.3 Å². The third-order valence-electron chi connectivity index (χ3n) is 4.53. The highest BCUT2D eigenvalue weighted by Gasteiger charge is 2.22. The van der Waals surface area contributed by atoms with E-state index in [9.17, 15) is 0 Å². The molecule has 0 unspecified atom stereocenters. The Morgan fingerprint density at radius 1 is 1.18 bits per heavy atom. The predicted molar refractivity (Wildman–Crippen MR) is 76.1 cm³/mol. The summed E-state index contributed by atoms with van der Waals surface area (Å²) in [5.41, 5.74) is 6.09. The molecule has 1 saturated carbocycles. The van der Waals surface area contributed by atoms with Crippen LogP contribution in [0.3, 0.4) is 0 Å². The SMILES string of the molecule is CC1CCC(N(C)CCCC(C)(C)CN)CC1. The maximum absolute atomic E-state index is 5.77. The van der Waals surface area contributed by atoms with Crippen molar-refractivity contribution in [3.63, 3.8) is 0 Å². The van der Waals surface area contributed by atoms with E-state index in [4.69, 9.17) is 5.73 Å². The summed E-state index contributed by atoms with van der Waals surface area (Å²) in [5, 5.41) is 0. The molecule has 0 aromatic rings. The Balaban J connectivity index is 2.19. The maximum atomic E-state index is 5.77. The Labute approximate surface area is 108 Å². The molecule has 102 valence electrons. The highest BCUT2D eigenvalue weighted by Crippen LogP contribution is 2.27. The summed E-state index contributed by atoms with van der Waals surface area (Å²) in [6.45, 7) is 8.98. The first-order chi connectivity index (χ1) is 7.94. The lowest BCUT2D eigenvalue weighted by Crippen LogP contribution is -2.36. The smallest absolute Gasteiger partial charge is 0.00924 e. The second-order valence-corrected chi connectivity index (χ2v) is 6.87. The molecule has 17 heavy (non-hydrogen) atoms. The predicted octanol–water partition coefficient (Wildman–Crippen LogP) is 3.26. The summed E-state index contributed by atoms with van der Waals surface area (Å²) in [5.74, 6) is 0.954. The molecule has 1 aliphatic carbocycles. The summed E-state index contributed by atoms with van der Waals surface area (Å²) in [7, 11) is 2.30. The third kappa shape index (κ3) is 5.39. The van der Waals surface area contributed by atoms with Gasteiger partial charge in [0.15, 0.2) is 0 Å². The van der Waals surface area contributed by atoms with Gasteiger partial charge in [-0.1, -0.05) is 20.8 Å². The lowest BCUT2D eigenvalue weighted by atomic mass is 9.86. The minimum atomic E-state index is 0.321. The van der Waals surface area contributed by atoms with Crippen LogP contribution in [-0.4, -0.2) is 31.1 Å². The van der Waals surface area contributed by atoms with E-state index in [1.807, 2.05) is 0 Å². The van der Waals surface area contributed by atoms with Gasteiger partial charge in [0, 0.05) is 6.04 Å². The van der Waals surface area contributed by atoms with Crippen molar-refractivity contribution in [2.24, 2.45) is 17.1 Å². The molecule has 1 rings (SSSR count). The Morgan fingerprint density at radius 2 is 1.76 bits per heavy atom. The number of hydrogen-bond donors (Lipinski definition) is 1. The first-order valence-electron chi connectivity index (χ1n) is 7.35. The van der Waals surface area contributed by atoms with Gasteiger partial charge in [0.1, 0.15) is 0 Å². The molecule has 0 aromatic heterocycles. The van der Waals surface area contributed by atoms with Crippen LogP contribution in [0.4, 0.5) is 0 Å². The molecule has 0 radical (unpaired) electrons. The van der Waals surface area contributed by atoms with Crippen LogP contribution in [0.5, 0.6) is 0 Å². The van der Waals surface area contributed by atoms with E-state index in [0.717, 1.165) is 18.5 Å². The summed E-state index contributed by atoms with van der Waals surface area (Å²) < 4.78 is 0. The normalized spacial score (nSPS) is 26.5. The van der Waals surface area contributed by atoms with E-state index >= 15 is 0 Å². The molecule has 2 heteroatoms. The molecular weight excluding hydrogens is 208 g/mol. The lowest BCUT2D eigenvalue weighted by molar-refractivity contribution is 0.161. The van der Waals surface area contributed by atoms with Crippen LogP contribution in [0.15, 0.2) is 0 Å². The average Bonchev–Trinajstić information content (AvgIpc) is 2.29. The van der Waals surface area contributed by atoms with Gasteiger partial charge in [0.05, 0.1) is 0 Å². The minimum absolute atomic E-state index is 0.321. The summed E-state index contributed by atoms with van der Waals surface area (Å²) in [6, 6.07) is 0.840. The number of hydrogen-bond acceptors (Lipinski definition) is 2. The summed E-state index contributed by atoms with van der Waals surface area (Å²) in [4.78, 5) is 2.58. The van der Waals surface area contributed by atoms with Crippen molar-refractivity contribution < 1.29 is 0 Å². The molecule has 1 aliphatic rings. The molecule has 0 saturated heterocycles. The number of nitrogens with two attached hydrogens (primary N) is 1. The second kappa shape index (κ2) is 6.75. The Kier molecular flexibility index (Phi) is 5.94. The van der Waals surface area contributed by atoms with Crippen LogP contribution in [0.25, 0.3) is 0 Å². The van der Waals surface area contributed by atoms with Crippen LogP contribution >= 0.6 is 0 Å². The monoisotopic (exact) mass is 240 g/mol. The van der Waals surface area contributed by atoms with Crippen molar-refractivity contribution in [3.8, 4) is 0 Å². The van der Waals surface area contributed by atoms with Crippen LogP contribution in [-0.2, 0) is 0 Å². The van der Waals surface area contributed by atoms with E-state index in [1.54, 1.807) is 0 Å². The summed E-state index contributed by atoms with van der Waals surface area (Å²) >= 11 is 0. The fourth-order valence-electron chi connectivity index (χ4n) is 2.77. The van der Waals surface area contributed by atoms with E-state index in [0.29, 0.717) is 5.41 Å². The van der Waals surface area contributed by atoms with Crippen LogP contribution in [0.2, 0.25) is 0 Å². The molecule has 1 fully saturated rings. The van der Waals surface area contributed by atoms with Gasteiger partial charge in [-0.2, -0.15) is 0 Å². The van der Waals surface area contributed by atoms with Crippen LogP contribution in [0, 0.1) is 11.3 Å². The van der Waals surface area contributed by atoms with Crippen molar-refractivity contribution in [1.29, 1.82) is 0 Å². The quantitative estimate of drug-likeness (QED) is 0.772. The minimum Gasteiger partial charge on any atom is -0.330 e. The molecule has 0 spiro atoms. The Hall–Kier alpha value is -0.0800. The molecule has 0 atom stereocenters. The highest BCUT2D eigenvalue weighted by molar-refractivity contribution is 4.77. The number of nitrogens with zero attached hydrogens (tertiary/aromatic N) is 1. The highest BCUT2D eigenvalue weighted by atomic mass is 15.1. The Bertz CT molecular complexity index is 205. The molecule has 2 nitrogen and oxygen atoms in total. The van der Waals surface area contributed by atoms with Gasteiger partial charge in [0.2, 0.25) is 0 Å². The average molecular weight is 240 g/mol. The zero-order valence-electron chi connectivity index (χ0n) is 12.3. The molecule has 0 heterocycles. The van der Waals surface area contributed by atoms with Gasteiger partial charge in [0.25, 0.3) is 0 Å². The molecule has 0 aliphatic heterocycles. The van der Waals surface area contributed by atoms with E-state index in [2.05, 4.69) is 32.7 Å². The van der Waals surface area contributed by atoms with Gasteiger partial charge < -0.3 is 10.6 Å². The molecular formula is C15H32N2. The van der Waals surface area contributed by atoms with Crippen molar-refractivity contribution in [2.45, 2.75) is 65.3 Å². The molecule has 0 bridgehead atoms. The van der Waals surface area contributed by atoms with Crippen LogP contribution < -0.4 is 5.73 Å². The van der Waals surface area contributed by atoms with Crippen molar-refractivity contribution in [2.75, 3.05) is 20.1 Å². The second-order valence-electron chi connectivity index (χ2n) is 6.87. The fourth-order valence-corrected chi connectivity index (χ4v) is 2.77. The van der Waals surface area contributed by atoms with Crippen molar-refractivity contribution in [1.82, 2.24) is 4.90 Å². The first kappa shape index (κ1) is 15.0. The number of rotatable bonds is 6. The maximum Gasteiger partial charge on any atom is 0.00924 e. The zero-order chi connectivity index (χ0) is 12.9. The zero-order valence-corrected chi connectivity index (χ0v) is 12.3. The van der Waals surface area contributed by atoms with E-state index < -0.39 is 0 Å². The molecule has 0 aromatic carbocycles. The fraction of sp³-hybridized carbons (Fsp3) is 1.00. The molecule has 0 amide bonds. The van der Waals surface area contributed by atoms with Gasteiger partial charge in [-0.25, -0.2) is 0 Å². The Morgan fingerprint density at radius 3 is 2.29 bits per heavy atom. The third-order valence-corrected chi connectivity index (χ3v) is 4.53. The van der Waals surface area contributed by atoms with E-state index in [1.165, 1.54) is 45.1 Å². The summed E-state index contributed by atoms with van der Waals surface area (Å²) in [6.07, 6.45) is 8.17. The molecule has 2 N–H and O–H groups in total. The van der Waals surface area contributed by atoms with Gasteiger partial charge in [-0.3, -0.25) is 0 Å². The van der Waals surface area contributed by atoms with Gasteiger partial charge in [-0.15, -0.1) is 0 Å².